The summed E-state index contributed by atoms with van der Waals surface area (Å²) in [5, 5.41) is 6.73. The highest BCUT2D eigenvalue weighted by atomic mass is 35.5. The highest BCUT2D eigenvalue weighted by molar-refractivity contribution is 7.14. The second-order valence-corrected chi connectivity index (χ2v) is 7.07. The van der Waals surface area contributed by atoms with E-state index in [0.717, 1.165) is 10.9 Å². The number of aryl methyl sites for hydroxylation is 1. The molecular formula is C19H14ClN3O3S. The van der Waals surface area contributed by atoms with Gasteiger partial charge in [0.15, 0.2) is 10.7 Å². The highest BCUT2D eigenvalue weighted by Gasteiger charge is 2.14. The van der Waals surface area contributed by atoms with Crippen LogP contribution in [0.15, 0.2) is 51.3 Å². The lowest BCUT2D eigenvalue weighted by molar-refractivity contribution is 0.413. The molecule has 0 unspecified atom stereocenters. The van der Waals surface area contributed by atoms with E-state index in [1.165, 1.54) is 11.3 Å². The third-order valence-electron chi connectivity index (χ3n) is 4.01. The summed E-state index contributed by atoms with van der Waals surface area (Å²) >= 11 is 7.46. The van der Waals surface area contributed by atoms with Crippen molar-refractivity contribution in [3.63, 3.8) is 0 Å². The van der Waals surface area contributed by atoms with Crippen LogP contribution in [-0.4, -0.2) is 17.1 Å². The number of thiazole rings is 1. The van der Waals surface area contributed by atoms with Gasteiger partial charge >= 0.3 is 5.63 Å². The van der Waals surface area contributed by atoms with E-state index in [9.17, 15) is 4.79 Å². The fourth-order valence-electron chi connectivity index (χ4n) is 2.77. The molecule has 4 aromatic rings. The van der Waals surface area contributed by atoms with Gasteiger partial charge in [0, 0.05) is 22.5 Å². The molecule has 8 heteroatoms. The number of ether oxygens (including phenoxy) is 1. The number of halogens is 1. The van der Waals surface area contributed by atoms with E-state index < -0.39 is 5.63 Å². The first-order valence-corrected chi connectivity index (χ1v) is 9.26. The van der Waals surface area contributed by atoms with Crippen LogP contribution >= 0.6 is 22.9 Å². The van der Waals surface area contributed by atoms with Crippen LogP contribution in [0.1, 0.15) is 5.56 Å². The number of anilines is 2. The zero-order valence-electron chi connectivity index (χ0n) is 14.4. The number of hydrogen-bond donors (Lipinski definition) is 1. The van der Waals surface area contributed by atoms with Crippen molar-refractivity contribution in [2.24, 2.45) is 0 Å². The van der Waals surface area contributed by atoms with Crippen LogP contribution in [-0.2, 0) is 0 Å². The lowest BCUT2D eigenvalue weighted by Gasteiger charge is -2.10. The maximum Gasteiger partial charge on any atom is 0.345 e. The first-order valence-electron chi connectivity index (χ1n) is 8.00. The molecule has 0 aliphatic heterocycles. The molecule has 3 aromatic heterocycles. The Morgan fingerprint density at radius 1 is 1.30 bits per heavy atom. The smallest absolute Gasteiger partial charge is 0.345 e. The fraction of sp³-hybridized carbons (Fsp3) is 0.105. The maximum atomic E-state index is 12.4. The number of methoxy groups -OCH3 is 1. The summed E-state index contributed by atoms with van der Waals surface area (Å²) < 4.78 is 10.8. The molecule has 0 aliphatic rings. The number of hydrogen-bond acceptors (Lipinski definition) is 7. The van der Waals surface area contributed by atoms with E-state index in [1.54, 1.807) is 43.1 Å². The van der Waals surface area contributed by atoms with E-state index in [4.69, 9.17) is 20.8 Å². The molecule has 27 heavy (non-hydrogen) atoms. The number of benzene rings is 1. The molecule has 0 aliphatic carbocycles. The van der Waals surface area contributed by atoms with Crippen molar-refractivity contribution in [1.29, 1.82) is 0 Å². The van der Waals surface area contributed by atoms with E-state index >= 15 is 0 Å². The van der Waals surface area contributed by atoms with Gasteiger partial charge in [-0.25, -0.2) is 9.78 Å². The normalized spacial score (nSPS) is 10.9. The van der Waals surface area contributed by atoms with Gasteiger partial charge in [0.25, 0.3) is 0 Å². The van der Waals surface area contributed by atoms with Crippen LogP contribution in [0, 0.1) is 6.92 Å². The molecule has 0 saturated carbocycles. The average molecular weight is 400 g/mol. The van der Waals surface area contributed by atoms with Gasteiger partial charge < -0.3 is 14.5 Å². The number of aromatic nitrogens is 2. The Morgan fingerprint density at radius 2 is 2.15 bits per heavy atom. The fourth-order valence-corrected chi connectivity index (χ4v) is 3.71. The highest BCUT2D eigenvalue weighted by Crippen LogP contribution is 2.33. The van der Waals surface area contributed by atoms with E-state index in [1.807, 2.05) is 13.0 Å². The van der Waals surface area contributed by atoms with Crippen molar-refractivity contribution in [3.8, 4) is 17.0 Å². The molecule has 6 nitrogen and oxygen atoms in total. The molecule has 0 bridgehead atoms. The third-order valence-corrected chi connectivity index (χ3v) is 5.07. The number of fused-ring (bicyclic) bond motifs is 1. The molecule has 0 atom stereocenters. The van der Waals surface area contributed by atoms with Crippen molar-refractivity contribution < 1.29 is 9.15 Å². The van der Waals surface area contributed by atoms with Crippen molar-refractivity contribution in [3.05, 3.63) is 63.0 Å². The predicted molar refractivity (Wildman–Crippen MR) is 107 cm³/mol. The van der Waals surface area contributed by atoms with Gasteiger partial charge in [-0.05, 0) is 19.1 Å². The molecule has 1 N–H and O–H groups in total. The Hall–Kier alpha value is -2.90. The summed E-state index contributed by atoms with van der Waals surface area (Å²) in [6.07, 6.45) is 3.39. The summed E-state index contributed by atoms with van der Waals surface area (Å²) in [6.45, 7) is 1.91. The lowest BCUT2D eigenvalue weighted by Crippen LogP contribution is -2.03. The monoisotopic (exact) mass is 399 g/mol. The summed E-state index contributed by atoms with van der Waals surface area (Å²) in [4.78, 5) is 21.1. The van der Waals surface area contributed by atoms with Gasteiger partial charge in [0.05, 0.1) is 29.6 Å². The first kappa shape index (κ1) is 17.5. The summed E-state index contributed by atoms with van der Waals surface area (Å²) in [5.41, 5.74) is 2.41. The standard InChI is InChI=1S/C19H14ClN3O3S/c1-10-7-21-8-14(16(10)25-2)22-19-23-15(9-27-19)12-6-11-4-3-5-13(20)17(11)26-18(12)24/h3-9H,1-2H3,(H,22,23). The Balaban J connectivity index is 1.71. The third kappa shape index (κ3) is 3.27. The zero-order valence-corrected chi connectivity index (χ0v) is 16.0. The second kappa shape index (κ2) is 7.02. The largest absolute Gasteiger partial charge is 0.494 e. The van der Waals surface area contributed by atoms with Crippen molar-refractivity contribution >= 4 is 44.7 Å². The Bertz CT molecular complexity index is 1200. The van der Waals surface area contributed by atoms with Gasteiger partial charge in [-0.2, -0.15) is 0 Å². The van der Waals surface area contributed by atoms with Crippen molar-refractivity contribution in [2.75, 3.05) is 12.4 Å². The van der Waals surface area contributed by atoms with Gasteiger partial charge in [-0.1, -0.05) is 23.7 Å². The topological polar surface area (TPSA) is 77.2 Å². The van der Waals surface area contributed by atoms with Gasteiger partial charge in [-0.3, -0.25) is 4.98 Å². The van der Waals surface area contributed by atoms with Crippen LogP contribution in [0.2, 0.25) is 5.02 Å². The van der Waals surface area contributed by atoms with E-state index in [2.05, 4.69) is 15.3 Å². The molecule has 4 rings (SSSR count). The molecule has 0 saturated heterocycles. The minimum Gasteiger partial charge on any atom is -0.494 e. The molecule has 0 spiro atoms. The van der Waals surface area contributed by atoms with Crippen LogP contribution in [0.4, 0.5) is 10.8 Å². The van der Waals surface area contributed by atoms with Gasteiger partial charge in [0.2, 0.25) is 0 Å². The van der Waals surface area contributed by atoms with Gasteiger partial charge in [-0.15, -0.1) is 11.3 Å². The molecular weight excluding hydrogens is 386 g/mol. The van der Waals surface area contributed by atoms with Crippen molar-refractivity contribution in [2.45, 2.75) is 6.92 Å². The van der Waals surface area contributed by atoms with E-state index in [0.29, 0.717) is 38.4 Å². The predicted octanol–water partition coefficient (Wildman–Crippen LogP) is 5.03. The molecule has 3 heterocycles. The summed E-state index contributed by atoms with van der Waals surface area (Å²) in [7, 11) is 1.60. The molecule has 136 valence electrons. The first-order chi connectivity index (χ1) is 13.1. The number of nitrogens with zero attached hydrogens (tertiary/aromatic N) is 2. The van der Waals surface area contributed by atoms with Crippen molar-refractivity contribution in [1.82, 2.24) is 9.97 Å². The second-order valence-electron chi connectivity index (χ2n) is 5.81. The average Bonchev–Trinajstić information content (AvgIpc) is 3.10. The maximum absolute atomic E-state index is 12.4. The van der Waals surface area contributed by atoms with Crippen LogP contribution in [0.5, 0.6) is 5.75 Å². The molecule has 0 fully saturated rings. The van der Waals surface area contributed by atoms with Crippen LogP contribution in [0.3, 0.4) is 0 Å². The molecule has 1 aromatic carbocycles. The summed E-state index contributed by atoms with van der Waals surface area (Å²) in [5.74, 6) is 0.696. The van der Waals surface area contributed by atoms with Crippen LogP contribution < -0.4 is 15.7 Å². The Labute approximate surface area is 163 Å². The SMILES string of the molecule is COc1c(C)cncc1Nc1nc(-c2cc3cccc(Cl)c3oc2=O)cs1. The number of nitrogens with one attached hydrogen (secondary N) is 1. The molecule has 0 radical (unpaired) electrons. The molecule has 0 amide bonds. The summed E-state index contributed by atoms with van der Waals surface area (Å²) in [6, 6.07) is 7.06. The minimum absolute atomic E-state index is 0.372. The number of para-hydroxylation sites is 1. The minimum atomic E-state index is -0.484. The number of pyridine rings is 1. The van der Waals surface area contributed by atoms with E-state index in [-0.39, 0.29) is 0 Å². The Morgan fingerprint density at radius 3 is 2.96 bits per heavy atom. The zero-order chi connectivity index (χ0) is 19.0. The number of rotatable bonds is 4. The quantitative estimate of drug-likeness (QED) is 0.485. The lowest BCUT2D eigenvalue weighted by atomic mass is 10.1. The van der Waals surface area contributed by atoms with Crippen LogP contribution in [0.25, 0.3) is 22.2 Å². The Kier molecular flexibility index (Phi) is 4.55. The van der Waals surface area contributed by atoms with Gasteiger partial charge in [0.1, 0.15) is 11.4 Å².